The normalized spacial score (nSPS) is 11.0. The van der Waals surface area contributed by atoms with Crippen molar-refractivity contribution in [3.8, 4) is 0 Å². The molecule has 0 spiro atoms. The Morgan fingerprint density at radius 3 is 2.48 bits per heavy atom. The second-order valence-electron chi connectivity index (χ2n) is 5.78. The van der Waals surface area contributed by atoms with Crippen LogP contribution in [-0.4, -0.2) is 11.1 Å². The van der Waals surface area contributed by atoms with Crippen molar-refractivity contribution in [1.29, 1.82) is 0 Å². The van der Waals surface area contributed by atoms with E-state index in [1.807, 2.05) is 60.7 Å². The third-order valence-corrected chi connectivity index (χ3v) is 3.92. The Labute approximate surface area is 138 Å². The summed E-state index contributed by atoms with van der Waals surface area (Å²) in [6, 6.07) is 15.7. The Morgan fingerprint density at radius 1 is 1.00 bits per heavy atom. The molecule has 23 heavy (non-hydrogen) atoms. The van der Waals surface area contributed by atoms with E-state index >= 15 is 0 Å². The number of aryl methyl sites for hydroxylation is 1. The molecule has 2 aromatic rings. The van der Waals surface area contributed by atoms with Crippen LogP contribution in [-0.2, 0) is 6.42 Å². The Hall–Kier alpha value is -2.35. The van der Waals surface area contributed by atoms with Gasteiger partial charge in [-0.05, 0) is 35.6 Å². The standard InChI is InChI=1S/C21H24O2/c1-2-3-4-6-11-18-13-15-19(20(16-18)21(22)23)14-12-17-9-7-5-8-10-17/h5,7-10,12-16H,2-4,6,11H2,1H3,(H,22,23)/b14-12+. The summed E-state index contributed by atoms with van der Waals surface area (Å²) in [5, 5.41) is 9.46. The van der Waals surface area contributed by atoms with E-state index in [2.05, 4.69) is 6.92 Å². The number of carboxylic acid groups (broad SMARTS) is 1. The molecule has 0 saturated heterocycles. The first-order chi connectivity index (χ1) is 11.2. The van der Waals surface area contributed by atoms with Crippen LogP contribution in [0.4, 0.5) is 0 Å². The first kappa shape index (κ1) is 17.0. The van der Waals surface area contributed by atoms with Crippen LogP contribution in [0, 0.1) is 0 Å². The van der Waals surface area contributed by atoms with Crippen molar-refractivity contribution < 1.29 is 9.90 Å². The molecule has 0 unspecified atom stereocenters. The van der Waals surface area contributed by atoms with Crippen LogP contribution in [0.5, 0.6) is 0 Å². The Bertz CT molecular complexity index is 657. The summed E-state index contributed by atoms with van der Waals surface area (Å²) in [5.41, 5.74) is 3.30. The van der Waals surface area contributed by atoms with Gasteiger partial charge >= 0.3 is 5.97 Å². The molecule has 0 aliphatic rings. The van der Waals surface area contributed by atoms with Crippen LogP contribution >= 0.6 is 0 Å². The number of unbranched alkanes of at least 4 members (excludes halogenated alkanes) is 3. The molecule has 2 heteroatoms. The fourth-order valence-corrected chi connectivity index (χ4v) is 2.60. The lowest BCUT2D eigenvalue weighted by Gasteiger charge is -2.06. The van der Waals surface area contributed by atoms with Crippen LogP contribution in [0.3, 0.4) is 0 Å². The van der Waals surface area contributed by atoms with E-state index in [0.29, 0.717) is 5.56 Å². The molecule has 0 radical (unpaired) electrons. The van der Waals surface area contributed by atoms with Crippen molar-refractivity contribution >= 4 is 18.1 Å². The zero-order valence-electron chi connectivity index (χ0n) is 13.7. The lowest BCUT2D eigenvalue weighted by Crippen LogP contribution is -2.01. The number of rotatable bonds is 8. The molecule has 0 fully saturated rings. The molecule has 0 aliphatic heterocycles. The zero-order valence-corrected chi connectivity index (χ0v) is 13.7. The van der Waals surface area contributed by atoms with Gasteiger partial charge in [0.2, 0.25) is 0 Å². The van der Waals surface area contributed by atoms with Gasteiger partial charge in [0, 0.05) is 0 Å². The van der Waals surface area contributed by atoms with E-state index in [1.54, 1.807) is 0 Å². The maximum atomic E-state index is 11.5. The van der Waals surface area contributed by atoms with Gasteiger partial charge in [-0.3, -0.25) is 0 Å². The Kier molecular flexibility index (Phi) is 6.61. The number of hydrogen-bond acceptors (Lipinski definition) is 1. The molecule has 2 nitrogen and oxygen atoms in total. The minimum atomic E-state index is -0.867. The maximum Gasteiger partial charge on any atom is 0.336 e. The van der Waals surface area contributed by atoms with Gasteiger partial charge in [0.15, 0.2) is 0 Å². The van der Waals surface area contributed by atoms with Crippen molar-refractivity contribution in [1.82, 2.24) is 0 Å². The van der Waals surface area contributed by atoms with E-state index < -0.39 is 5.97 Å². The first-order valence-corrected chi connectivity index (χ1v) is 8.30. The van der Waals surface area contributed by atoms with Gasteiger partial charge in [-0.1, -0.05) is 80.8 Å². The molecule has 0 aliphatic carbocycles. The Morgan fingerprint density at radius 2 is 1.78 bits per heavy atom. The quantitative estimate of drug-likeness (QED) is 0.503. The molecular formula is C21H24O2. The topological polar surface area (TPSA) is 37.3 Å². The highest BCUT2D eigenvalue weighted by molar-refractivity contribution is 5.93. The molecule has 0 aromatic heterocycles. The number of benzene rings is 2. The molecule has 2 rings (SSSR count). The minimum Gasteiger partial charge on any atom is -0.478 e. The van der Waals surface area contributed by atoms with Gasteiger partial charge < -0.3 is 5.11 Å². The largest absolute Gasteiger partial charge is 0.478 e. The van der Waals surface area contributed by atoms with Gasteiger partial charge in [0.25, 0.3) is 0 Å². The molecule has 0 saturated carbocycles. The van der Waals surface area contributed by atoms with Crippen molar-refractivity contribution in [2.75, 3.05) is 0 Å². The van der Waals surface area contributed by atoms with Crippen molar-refractivity contribution in [3.05, 3.63) is 70.8 Å². The molecule has 1 N–H and O–H groups in total. The predicted molar refractivity (Wildman–Crippen MR) is 96.6 cm³/mol. The van der Waals surface area contributed by atoms with Crippen LogP contribution in [0.15, 0.2) is 48.5 Å². The summed E-state index contributed by atoms with van der Waals surface area (Å²) in [5.74, 6) is -0.867. The fourth-order valence-electron chi connectivity index (χ4n) is 2.60. The summed E-state index contributed by atoms with van der Waals surface area (Å²) >= 11 is 0. The second-order valence-corrected chi connectivity index (χ2v) is 5.78. The molecule has 0 amide bonds. The number of carbonyl (C=O) groups is 1. The van der Waals surface area contributed by atoms with Gasteiger partial charge in [0.05, 0.1) is 5.56 Å². The number of carboxylic acids is 1. The monoisotopic (exact) mass is 308 g/mol. The molecule has 0 atom stereocenters. The van der Waals surface area contributed by atoms with E-state index in [4.69, 9.17) is 0 Å². The van der Waals surface area contributed by atoms with Gasteiger partial charge in [0.1, 0.15) is 0 Å². The van der Waals surface area contributed by atoms with Crippen LogP contribution in [0.25, 0.3) is 12.2 Å². The number of aromatic carboxylic acids is 1. The van der Waals surface area contributed by atoms with Crippen LogP contribution in [0.1, 0.15) is 59.7 Å². The molecular weight excluding hydrogens is 284 g/mol. The predicted octanol–water partition coefficient (Wildman–Crippen LogP) is 5.68. The summed E-state index contributed by atoms with van der Waals surface area (Å²) in [6.07, 6.45) is 9.54. The molecule has 0 bridgehead atoms. The fraction of sp³-hybridized carbons (Fsp3) is 0.286. The van der Waals surface area contributed by atoms with Crippen molar-refractivity contribution in [3.63, 3.8) is 0 Å². The van der Waals surface area contributed by atoms with Gasteiger partial charge in [-0.15, -0.1) is 0 Å². The SMILES string of the molecule is CCCCCCc1ccc(/C=C/c2ccccc2)c(C(=O)O)c1. The number of hydrogen-bond donors (Lipinski definition) is 1. The van der Waals surface area contributed by atoms with Crippen LogP contribution < -0.4 is 0 Å². The first-order valence-electron chi connectivity index (χ1n) is 8.30. The minimum absolute atomic E-state index is 0.380. The highest BCUT2D eigenvalue weighted by Gasteiger charge is 2.09. The smallest absolute Gasteiger partial charge is 0.336 e. The summed E-state index contributed by atoms with van der Waals surface area (Å²) in [6.45, 7) is 2.19. The van der Waals surface area contributed by atoms with Crippen LogP contribution in [0.2, 0.25) is 0 Å². The maximum absolute atomic E-state index is 11.5. The van der Waals surface area contributed by atoms with Gasteiger partial charge in [-0.2, -0.15) is 0 Å². The van der Waals surface area contributed by atoms with Crippen molar-refractivity contribution in [2.45, 2.75) is 39.0 Å². The second kappa shape index (κ2) is 8.94. The molecule has 0 heterocycles. The van der Waals surface area contributed by atoms with Crippen molar-refractivity contribution in [2.24, 2.45) is 0 Å². The average Bonchev–Trinajstić information content (AvgIpc) is 2.58. The zero-order chi connectivity index (χ0) is 16.5. The Balaban J connectivity index is 2.13. The highest BCUT2D eigenvalue weighted by atomic mass is 16.4. The highest BCUT2D eigenvalue weighted by Crippen LogP contribution is 2.18. The van der Waals surface area contributed by atoms with E-state index in [1.165, 1.54) is 19.3 Å². The third kappa shape index (κ3) is 5.41. The van der Waals surface area contributed by atoms with Gasteiger partial charge in [-0.25, -0.2) is 4.79 Å². The third-order valence-electron chi connectivity index (χ3n) is 3.92. The molecule has 2 aromatic carbocycles. The summed E-state index contributed by atoms with van der Waals surface area (Å²) < 4.78 is 0. The lowest BCUT2D eigenvalue weighted by atomic mass is 9.99. The summed E-state index contributed by atoms with van der Waals surface area (Å²) in [7, 11) is 0. The van der Waals surface area contributed by atoms with E-state index in [9.17, 15) is 9.90 Å². The molecule has 120 valence electrons. The lowest BCUT2D eigenvalue weighted by molar-refractivity contribution is 0.0696. The van der Waals surface area contributed by atoms with E-state index in [-0.39, 0.29) is 0 Å². The summed E-state index contributed by atoms with van der Waals surface area (Å²) in [4.78, 5) is 11.5. The van der Waals surface area contributed by atoms with E-state index in [0.717, 1.165) is 29.5 Å². The average molecular weight is 308 g/mol.